The highest BCUT2D eigenvalue weighted by molar-refractivity contribution is 7.98. The lowest BCUT2D eigenvalue weighted by molar-refractivity contribution is -0.274. The predicted octanol–water partition coefficient (Wildman–Crippen LogP) is 4.54. The molecule has 0 radical (unpaired) electrons. The fourth-order valence-electron chi connectivity index (χ4n) is 2.26. The van der Waals surface area contributed by atoms with Gasteiger partial charge >= 0.3 is 6.36 Å². The number of halogens is 3. The van der Waals surface area contributed by atoms with Crippen molar-refractivity contribution in [3.05, 3.63) is 42.5 Å². The molecule has 2 aromatic rings. The standard InChI is InChI=1S/C17H16F3NO3S/c1-21(10-25-2)15-9-13(5-8-16(15)23-11-22)12-3-6-14(7-4-12)24-17(18,19)20/h3-9,11H,10H2,1-2H3. The lowest BCUT2D eigenvalue weighted by Crippen LogP contribution is -2.17. The number of anilines is 1. The molecular weight excluding hydrogens is 355 g/mol. The summed E-state index contributed by atoms with van der Waals surface area (Å²) in [5.41, 5.74) is 2.19. The van der Waals surface area contributed by atoms with Gasteiger partial charge in [0.05, 0.1) is 11.6 Å². The van der Waals surface area contributed by atoms with Gasteiger partial charge in [0.25, 0.3) is 6.47 Å². The summed E-state index contributed by atoms with van der Waals surface area (Å²) in [6.07, 6.45) is -2.77. The summed E-state index contributed by atoms with van der Waals surface area (Å²) in [5.74, 6) is 0.807. The molecule has 2 rings (SSSR count). The van der Waals surface area contributed by atoms with E-state index in [0.29, 0.717) is 29.3 Å². The van der Waals surface area contributed by atoms with Crippen molar-refractivity contribution in [2.24, 2.45) is 0 Å². The van der Waals surface area contributed by atoms with Crippen molar-refractivity contribution in [2.45, 2.75) is 6.36 Å². The summed E-state index contributed by atoms with van der Waals surface area (Å²) < 4.78 is 45.5. The van der Waals surface area contributed by atoms with Crippen molar-refractivity contribution in [3.8, 4) is 22.6 Å². The van der Waals surface area contributed by atoms with Crippen LogP contribution >= 0.6 is 11.8 Å². The van der Waals surface area contributed by atoms with Gasteiger partial charge in [-0.25, -0.2) is 0 Å². The topological polar surface area (TPSA) is 38.8 Å². The van der Waals surface area contributed by atoms with Crippen LogP contribution in [0.15, 0.2) is 42.5 Å². The maximum absolute atomic E-state index is 12.2. The molecule has 0 saturated heterocycles. The van der Waals surface area contributed by atoms with Gasteiger partial charge in [-0.15, -0.1) is 24.9 Å². The molecule has 0 unspecified atom stereocenters. The fourth-order valence-corrected chi connectivity index (χ4v) is 2.79. The van der Waals surface area contributed by atoms with Crippen molar-refractivity contribution in [1.82, 2.24) is 0 Å². The molecular formula is C17H16F3NO3S. The number of thioether (sulfide) groups is 1. The predicted molar refractivity (Wildman–Crippen MR) is 92.0 cm³/mol. The van der Waals surface area contributed by atoms with Crippen LogP contribution < -0.4 is 14.4 Å². The van der Waals surface area contributed by atoms with E-state index >= 15 is 0 Å². The molecule has 8 heteroatoms. The molecule has 0 saturated carbocycles. The Morgan fingerprint density at radius 3 is 2.32 bits per heavy atom. The van der Waals surface area contributed by atoms with Crippen LogP contribution in [0.3, 0.4) is 0 Å². The molecule has 0 spiro atoms. The average molecular weight is 371 g/mol. The zero-order chi connectivity index (χ0) is 18.4. The van der Waals surface area contributed by atoms with Gasteiger partial charge in [-0.3, -0.25) is 4.79 Å². The number of benzene rings is 2. The molecule has 134 valence electrons. The van der Waals surface area contributed by atoms with E-state index in [9.17, 15) is 18.0 Å². The van der Waals surface area contributed by atoms with E-state index in [4.69, 9.17) is 4.74 Å². The van der Waals surface area contributed by atoms with Gasteiger partial charge in [-0.05, 0) is 41.6 Å². The zero-order valence-corrected chi connectivity index (χ0v) is 14.4. The zero-order valence-electron chi connectivity index (χ0n) is 13.5. The maximum Gasteiger partial charge on any atom is 0.573 e. The van der Waals surface area contributed by atoms with Crippen molar-refractivity contribution < 1.29 is 27.4 Å². The van der Waals surface area contributed by atoms with Crippen LogP contribution in [0.5, 0.6) is 11.5 Å². The van der Waals surface area contributed by atoms with Crippen LogP contribution in [0.1, 0.15) is 0 Å². The van der Waals surface area contributed by atoms with Crippen LogP contribution in [0.2, 0.25) is 0 Å². The molecule has 0 heterocycles. The first-order chi connectivity index (χ1) is 11.8. The quantitative estimate of drug-likeness (QED) is 0.528. The Bertz CT molecular complexity index is 720. The molecule has 0 amide bonds. The minimum absolute atomic E-state index is 0.281. The second kappa shape index (κ2) is 8.15. The number of carbonyl (C=O) groups is 1. The number of nitrogens with zero attached hydrogens (tertiary/aromatic N) is 1. The van der Waals surface area contributed by atoms with Gasteiger partial charge in [0, 0.05) is 7.05 Å². The van der Waals surface area contributed by atoms with Gasteiger partial charge in [0.2, 0.25) is 0 Å². The van der Waals surface area contributed by atoms with Crippen LogP contribution in [0.25, 0.3) is 11.1 Å². The number of hydrogen-bond acceptors (Lipinski definition) is 5. The summed E-state index contributed by atoms with van der Waals surface area (Å²) in [5, 5.41) is 0. The highest BCUT2D eigenvalue weighted by Crippen LogP contribution is 2.34. The SMILES string of the molecule is CSCN(C)c1cc(-c2ccc(OC(F)(F)F)cc2)ccc1OC=O. The Labute approximate surface area is 147 Å². The van der Waals surface area contributed by atoms with Gasteiger partial charge in [-0.1, -0.05) is 18.2 Å². The van der Waals surface area contributed by atoms with Crippen LogP contribution in [-0.2, 0) is 4.79 Å². The number of rotatable bonds is 7. The largest absolute Gasteiger partial charge is 0.573 e. The third-order valence-electron chi connectivity index (χ3n) is 3.29. The Hall–Kier alpha value is -2.35. The molecule has 0 aliphatic heterocycles. The van der Waals surface area contributed by atoms with Gasteiger partial charge in [0.1, 0.15) is 5.75 Å². The normalized spacial score (nSPS) is 11.1. The first kappa shape index (κ1) is 19.0. The van der Waals surface area contributed by atoms with E-state index in [1.807, 2.05) is 24.3 Å². The second-order valence-electron chi connectivity index (χ2n) is 5.08. The summed E-state index contributed by atoms with van der Waals surface area (Å²) in [6, 6.07) is 10.8. The molecule has 0 bridgehead atoms. The molecule has 0 aliphatic rings. The summed E-state index contributed by atoms with van der Waals surface area (Å²) in [4.78, 5) is 12.6. The van der Waals surface area contributed by atoms with E-state index in [1.54, 1.807) is 23.9 Å². The van der Waals surface area contributed by atoms with E-state index < -0.39 is 6.36 Å². The highest BCUT2D eigenvalue weighted by atomic mass is 32.2. The summed E-state index contributed by atoms with van der Waals surface area (Å²) >= 11 is 1.60. The lowest BCUT2D eigenvalue weighted by atomic mass is 10.0. The van der Waals surface area contributed by atoms with Crippen LogP contribution in [0, 0.1) is 0 Å². The molecule has 2 aromatic carbocycles. The minimum Gasteiger partial charge on any atom is -0.427 e. The van der Waals surface area contributed by atoms with Crippen molar-refractivity contribution in [3.63, 3.8) is 0 Å². The number of ether oxygens (including phenoxy) is 2. The molecule has 0 fully saturated rings. The smallest absolute Gasteiger partial charge is 0.427 e. The first-order valence-corrected chi connectivity index (χ1v) is 8.54. The van der Waals surface area contributed by atoms with Crippen molar-refractivity contribution in [1.29, 1.82) is 0 Å². The molecule has 0 atom stereocenters. The Kier molecular flexibility index (Phi) is 6.19. The Morgan fingerprint density at radius 2 is 1.76 bits per heavy atom. The van der Waals surface area contributed by atoms with E-state index in [-0.39, 0.29) is 5.75 Å². The summed E-state index contributed by atoms with van der Waals surface area (Å²) in [7, 11) is 1.85. The average Bonchev–Trinajstić information content (AvgIpc) is 2.55. The van der Waals surface area contributed by atoms with Crippen LogP contribution in [-0.4, -0.2) is 32.0 Å². The third kappa shape index (κ3) is 5.32. The second-order valence-corrected chi connectivity index (χ2v) is 5.92. The van der Waals surface area contributed by atoms with E-state index in [0.717, 1.165) is 5.56 Å². The number of alkyl halides is 3. The fraction of sp³-hybridized carbons (Fsp3) is 0.235. The molecule has 4 nitrogen and oxygen atoms in total. The van der Waals surface area contributed by atoms with E-state index in [1.165, 1.54) is 24.3 Å². The van der Waals surface area contributed by atoms with Gasteiger partial charge in [0.15, 0.2) is 5.75 Å². The molecule has 0 aromatic heterocycles. The lowest BCUT2D eigenvalue weighted by Gasteiger charge is -2.21. The van der Waals surface area contributed by atoms with Crippen molar-refractivity contribution in [2.75, 3.05) is 24.1 Å². The number of carbonyl (C=O) groups excluding carboxylic acids is 1. The molecule has 0 N–H and O–H groups in total. The third-order valence-corrected chi connectivity index (χ3v) is 3.93. The van der Waals surface area contributed by atoms with Crippen molar-refractivity contribution >= 4 is 23.9 Å². The summed E-state index contributed by atoms with van der Waals surface area (Å²) in [6.45, 7) is 0.356. The highest BCUT2D eigenvalue weighted by Gasteiger charge is 2.30. The van der Waals surface area contributed by atoms with Crippen LogP contribution in [0.4, 0.5) is 18.9 Å². The van der Waals surface area contributed by atoms with E-state index in [2.05, 4.69) is 4.74 Å². The number of hydrogen-bond donors (Lipinski definition) is 0. The minimum atomic E-state index is -4.72. The van der Waals surface area contributed by atoms with Gasteiger partial charge in [-0.2, -0.15) is 0 Å². The maximum atomic E-state index is 12.2. The molecule has 0 aliphatic carbocycles. The monoisotopic (exact) mass is 371 g/mol. The first-order valence-electron chi connectivity index (χ1n) is 7.14. The van der Waals surface area contributed by atoms with Gasteiger partial charge < -0.3 is 14.4 Å². The Morgan fingerprint density at radius 1 is 1.12 bits per heavy atom. The Balaban J connectivity index is 2.32. The molecule has 25 heavy (non-hydrogen) atoms.